The summed E-state index contributed by atoms with van der Waals surface area (Å²) in [5.41, 5.74) is 1.11. The summed E-state index contributed by atoms with van der Waals surface area (Å²) in [7, 11) is 0. The summed E-state index contributed by atoms with van der Waals surface area (Å²) in [5, 5.41) is 11.2. The Bertz CT molecular complexity index is 441. The van der Waals surface area contributed by atoms with E-state index in [1.54, 1.807) is 26.0 Å². The molecule has 1 aromatic carbocycles. The summed E-state index contributed by atoms with van der Waals surface area (Å²) >= 11 is 0. The second-order valence-electron chi connectivity index (χ2n) is 4.58. The van der Waals surface area contributed by atoms with Gasteiger partial charge in [-0.3, -0.25) is 9.59 Å². The SMILES string of the molecule is Cc1ccc(OC(C)C(=O)NC(C)CC(=O)O)cc1. The molecule has 0 radical (unpaired) electrons. The highest BCUT2D eigenvalue weighted by molar-refractivity contribution is 5.81. The largest absolute Gasteiger partial charge is 0.481 e. The van der Waals surface area contributed by atoms with Gasteiger partial charge in [0, 0.05) is 6.04 Å². The number of aryl methyl sites for hydroxylation is 1. The summed E-state index contributed by atoms with van der Waals surface area (Å²) < 4.78 is 5.48. The van der Waals surface area contributed by atoms with Crippen molar-refractivity contribution in [2.24, 2.45) is 0 Å². The van der Waals surface area contributed by atoms with Crippen LogP contribution in [0, 0.1) is 6.92 Å². The van der Waals surface area contributed by atoms with Crippen LogP contribution in [-0.4, -0.2) is 29.1 Å². The van der Waals surface area contributed by atoms with E-state index in [9.17, 15) is 9.59 Å². The van der Waals surface area contributed by atoms with Gasteiger partial charge in [-0.2, -0.15) is 0 Å². The fourth-order valence-electron chi connectivity index (χ4n) is 1.55. The van der Waals surface area contributed by atoms with Crippen LogP contribution in [0.25, 0.3) is 0 Å². The molecule has 5 heteroatoms. The second-order valence-corrected chi connectivity index (χ2v) is 4.58. The number of rotatable bonds is 6. The van der Waals surface area contributed by atoms with Crippen molar-refractivity contribution in [3.63, 3.8) is 0 Å². The van der Waals surface area contributed by atoms with Gasteiger partial charge >= 0.3 is 5.97 Å². The zero-order chi connectivity index (χ0) is 14.4. The molecule has 2 atom stereocenters. The van der Waals surface area contributed by atoms with Crippen molar-refractivity contribution in [2.75, 3.05) is 0 Å². The number of benzene rings is 1. The van der Waals surface area contributed by atoms with Crippen molar-refractivity contribution in [1.82, 2.24) is 5.32 Å². The van der Waals surface area contributed by atoms with E-state index in [-0.39, 0.29) is 12.3 Å². The summed E-state index contributed by atoms with van der Waals surface area (Å²) in [5.74, 6) is -0.659. The third kappa shape index (κ3) is 5.42. The minimum Gasteiger partial charge on any atom is -0.481 e. The van der Waals surface area contributed by atoms with Crippen LogP contribution in [0.3, 0.4) is 0 Å². The molecule has 1 aromatic rings. The third-order valence-corrected chi connectivity index (χ3v) is 2.57. The highest BCUT2D eigenvalue weighted by Gasteiger charge is 2.18. The van der Waals surface area contributed by atoms with Crippen LogP contribution in [0.2, 0.25) is 0 Å². The Morgan fingerprint density at radius 2 is 1.84 bits per heavy atom. The minimum atomic E-state index is -0.945. The maximum atomic E-state index is 11.8. The molecule has 0 saturated heterocycles. The molecule has 5 nitrogen and oxygen atoms in total. The van der Waals surface area contributed by atoms with Crippen LogP contribution in [0.4, 0.5) is 0 Å². The van der Waals surface area contributed by atoms with E-state index in [1.165, 1.54) is 0 Å². The molecular formula is C14H19NO4. The summed E-state index contributed by atoms with van der Waals surface area (Å²) in [6, 6.07) is 6.95. The molecule has 1 amide bonds. The van der Waals surface area contributed by atoms with Gasteiger partial charge in [-0.25, -0.2) is 0 Å². The van der Waals surface area contributed by atoms with Gasteiger partial charge in [-0.1, -0.05) is 17.7 Å². The number of carboxylic acid groups (broad SMARTS) is 1. The summed E-state index contributed by atoms with van der Waals surface area (Å²) in [6.45, 7) is 5.24. The Balaban J connectivity index is 2.48. The average molecular weight is 265 g/mol. The van der Waals surface area contributed by atoms with Crippen molar-refractivity contribution in [1.29, 1.82) is 0 Å². The molecule has 0 aliphatic heterocycles. The lowest BCUT2D eigenvalue weighted by molar-refractivity contribution is -0.137. The van der Waals surface area contributed by atoms with Gasteiger partial charge in [0.2, 0.25) is 0 Å². The lowest BCUT2D eigenvalue weighted by Crippen LogP contribution is -2.42. The van der Waals surface area contributed by atoms with Crippen molar-refractivity contribution in [3.8, 4) is 5.75 Å². The standard InChI is InChI=1S/C14H19NO4/c1-9-4-6-12(7-5-9)19-11(3)14(18)15-10(2)8-13(16)17/h4-7,10-11H,8H2,1-3H3,(H,15,18)(H,16,17). The van der Waals surface area contributed by atoms with E-state index >= 15 is 0 Å². The van der Waals surface area contributed by atoms with Crippen molar-refractivity contribution < 1.29 is 19.4 Å². The molecule has 0 fully saturated rings. The summed E-state index contributed by atoms with van der Waals surface area (Å²) in [4.78, 5) is 22.3. The molecule has 0 bridgehead atoms. The van der Waals surface area contributed by atoms with Crippen molar-refractivity contribution >= 4 is 11.9 Å². The summed E-state index contributed by atoms with van der Waals surface area (Å²) in [6.07, 6.45) is -0.776. The van der Waals surface area contributed by atoms with Crippen LogP contribution in [0.15, 0.2) is 24.3 Å². The smallest absolute Gasteiger partial charge is 0.305 e. The first-order valence-electron chi connectivity index (χ1n) is 6.14. The number of amides is 1. The van der Waals surface area contributed by atoms with Crippen molar-refractivity contribution in [2.45, 2.75) is 39.3 Å². The first-order valence-corrected chi connectivity index (χ1v) is 6.14. The van der Waals surface area contributed by atoms with Crippen LogP contribution in [0.1, 0.15) is 25.8 Å². The predicted octanol–water partition coefficient (Wildman–Crippen LogP) is 1.74. The molecule has 0 spiro atoms. The van der Waals surface area contributed by atoms with Crippen LogP contribution in [0.5, 0.6) is 5.75 Å². The molecule has 2 N–H and O–H groups in total. The first kappa shape index (κ1) is 15.0. The first-order chi connectivity index (χ1) is 8.88. The van der Waals surface area contributed by atoms with Crippen LogP contribution < -0.4 is 10.1 Å². The molecule has 2 unspecified atom stereocenters. The maximum Gasteiger partial charge on any atom is 0.305 e. The zero-order valence-corrected chi connectivity index (χ0v) is 11.3. The van der Waals surface area contributed by atoms with Gasteiger partial charge in [-0.15, -0.1) is 0 Å². The molecule has 0 aromatic heterocycles. The fourth-order valence-corrected chi connectivity index (χ4v) is 1.55. The molecule has 19 heavy (non-hydrogen) atoms. The molecule has 0 saturated carbocycles. The van der Waals surface area contributed by atoms with Gasteiger partial charge in [0.15, 0.2) is 6.10 Å². The van der Waals surface area contributed by atoms with Gasteiger partial charge in [0.05, 0.1) is 6.42 Å². The maximum absolute atomic E-state index is 11.8. The topological polar surface area (TPSA) is 75.6 Å². The Morgan fingerprint density at radius 3 is 2.37 bits per heavy atom. The Kier molecular flexibility index (Phi) is 5.36. The number of carbonyl (C=O) groups excluding carboxylic acids is 1. The zero-order valence-electron chi connectivity index (χ0n) is 11.3. The molecule has 0 aliphatic carbocycles. The molecule has 104 valence electrons. The molecule has 1 rings (SSSR count). The van der Waals surface area contributed by atoms with E-state index in [4.69, 9.17) is 9.84 Å². The average Bonchev–Trinajstić information content (AvgIpc) is 2.30. The van der Waals surface area contributed by atoms with E-state index < -0.39 is 18.1 Å². The van der Waals surface area contributed by atoms with E-state index in [0.717, 1.165) is 5.56 Å². The number of hydrogen-bond acceptors (Lipinski definition) is 3. The van der Waals surface area contributed by atoms with Crippen LogP contribution in [-0.2, 0) is 9.59 Å². The number of hydrogen-bond donors (Lipinski definition) is 2. The number of ether oxygens (including phenoxy) is 1. The normalized spacial score (nSPS) is 13.4. The van der Waals surface area contributed by atoms with E-state index in [0.29, 0.717) is 5.75 Å². The van der Waals surface area contributed by atoms with Gasteiger partial charge in [-0.05, 0) is 32.9 Å². The molecule has 0 heterocycles. The Labute approximate surface area is 112 Å². The quantitative estimate of drug-likeness (QED) is 0.821. The van der Waals surface area contributed by atoms with Crippen molar-refractivity contribution in [3.05, 3.63) is 29.8 Å². The van der Waals surface area contributed by atoms with Gasteiger partial charge < -0.3 is 15.2 Å². The lowest BCUT2D eigenvalue weighted by Gasteiger charge is -2.17. The second kappa shape index (κ2) is 6.78. The number of nitrogens with one attached hydrogen (secondary N) is 1. The van der Waals surface area contributed by atoms with Crippen LogP contribution >= 0.6 is 0 Å². The highest BCUT2D eigenvalue weighted by Crippen LogP contribution is 2.13. The third-order valence-electron chi connectivity index (χ3n) is 2.57. The number of carboxylic acids is 1. The monoisotopic (exact) mass is 265 g/mol. The predicted molar refractivity (Wildman–Crippen MR) is 71.1 cm³/mol. The molecular weight excluding hydrogens is 246 g/mol. The van der Waals surface area contributed by atoms with Gasteiger partial charge in [0.25, 0.3) is 5.91 Å². The van der Waals surface area contributed by atoms with E-state index in [2.05, 4.69) is 5.32 Å². The Morgan fingerprint density at radius 1 is 1.26 bits per heavy atom. The fraction of sp³-hybridized carbons (Fsp3) is 0.429. The molecule has 0 aliphatic rings. The highest BCUT2D eigenvalue weighted by atomic mass is 16.5. The van der Waals surface area contributed by atoms with Gasteiger partial charge in [0.1, 0.15) is 5.75 Å². The number of aliphatic carboxylic acids is 1. The number of carbonyl (C=O) groups is 2. The Hall–Kier alpha value is -2.04. The minimum absolute atomic E-state index is 0.108. The lowest BCUT2D eigenvalue weighted by atomic mass is 10.2. The van der Waals surface area contributed by atoms with E-state index in [1.807, 2.05) is 19.1 Å².